The molecule has 0 bridgehead atoms. The third kappa shape index (κ3) is 4.09. The number of amides is 1. The average Bonchev–Trinajstić information content (AvgIpc) is 3.11. The summed E-state index contributed by atoms with van der Waals surface area (Å²) in [5.74, 6) is -0.231. The van der Waals surface area contributed by atoms with Gasteiger partial charge in [0.2, 0.25) is 0 Å². The quantitative estimate of drug-likeness (QED) is 0.317. The first-order chi connectivity index (χ1) is 13.4. The fraction of sp³-hybridized carbons (Fsp3) is 0.238. The topological polar surface area (TPSA) is 89.8 Å². The van der Waals surface area contributed by atoms with Crippen molar-refractivity contribution in [1.29, 1.82) is 0 Å². The lowest BCUT2D eigenvalue weighted by atomic mass is 9.99. The first-order valence-electron chi connectivity index (χ1n) is 8.92. The van der Waals surface area contributed by atoms with Gasteiger partial charge in [-0.1, -0.05) is 44.2 Å². The van der Waals surface area contributed by atoms with Crippen LogP contribution in [0.2, 0.25) is 0 Å². The molecule has 0 aromatic heterocycles. The number of allylic oxidation sites excluding steroid dienone is 1. The molecule has 1 aliphatic heterocycles. The smallest absolute Gasteiger partial charge is 0.414 e. The van der Waals surface area contributed by atoms with Gasteiger partial charge < -0.3 is 4.74 Å². The van der Waals surface area contributed by atoms with Gasteiger partial charge >= 0.3 is 6.09 Å². The molecule has 1 aliphatic rings. The number of carbonyl (C=O) groups is 2. The minimum atomic E-state index is -0.433. The second-order valence-electron chi connectivity index (χ2n) is 6.74. The van der Waals surface area contributed by atoms with Crippen molar-refractivity contribution in [1.82, 2.24) is 0 Å². The van der Waals surface area contributed by atoms with Crippen molar-refractivity contribution in [3.8, 4) is 0 Å². The first kappa shape index (κ1) is 19.3. The highest BCUT2D eigenvalue weighted by Gasteiger charge is 2.24. The van der Waals surface area contributed by atoms with Crippen LogP contribution in [0.3, 0.4) is 0 Å². The van der Waals surface area contributed by atoms with Crippen LogP contribution in [0.15, 0.2) is 48.5 Å². The fourth-order valence-corrected chi connectivity index (χ4v) is 3.03. The molecular formula is C21H20N2O5. The maximum absolute atomic E-state index is 12.5. The number of nitro groups is 1. The van der Waals surface area contributed by atoms with E-state index in [9.17, 15) is 19.7 Å². The number of cyclic esters (lactones) is 1. The SMILES string of the molecule is CC(C)c1ccc(/C=C/C(=O)c2cccc(N3CCOC3=O)c2)cc1[N+](=O)[O-]. The Morgan fingerprint density at radius 3 is 2.68 bits per heavy atom. The van der Waals surface area contributed by atoms with Gasteiger partial charge in [0.1, 0.15) is 6.61 Å². The zero-order chi connectivity index (χ0) is 20.3. The number of nitrogens with zero attached hydrogens (tertiary/aromatic N) is 2. The second kappa shape index (κ2) is 8.04. The van der Waals surface area contributed by atoms with Crippen molar-refractivity contribution < 1.29 is 19.2 Å². The predicted octanol–water partition coefficient (Wildman–Crippen LogP) is 4.57. The molecule has 1 saturated heterocycles. The lowest BCUT2D eigenvalue weighted by molar-refractivity contribution is -0.385. The number of ketones is 1. The predicted molar refractivity (Wildman–Crippen MR) is 106 cm³/mol. The first-order valence-corrected chi connectivity index (χ1v) is 8.92. The number of carbonyl (C=O) groups excluding carboxylic acids is 2. The monoisotopic (exact) mass is 380 g/mol. The number of hydrogen-bond acceptors (Lipinski definition) is 5. The molecule has 0 N–H and O–H groups in total. The third-order valence-electron chi connectivity index (χ3n) is 4.50. The highest BCUT2D eigenvalue weighted by molar-refractivity contribution is 6.07. The number of nitro benzene ring substituents is 1. The minimum absolute atomic E-state index is 0.0279. The second-order valence-corrected chi connectivity index (χ2v) is 6.74. The van der Waals surface area contributed by atoms with Crippen LogP contribution < -0.4 is 4.90 Å². The Kier molecular flexibility index (Phi) is 5.54. The fourth-order valence-electron chi connectivity index (χ4n) is 3.03. The van der Waals surface area contributed by atoms with Crippen LogP contribution in [0, 0.1) is 10.1 Å². The molecule has 1 fully saturated rings. The molecule has 144 valence electrons. The molecule has 0 spiro atoms. The minimum Gasteiger partial charge on any atom is -0.447 e. The van der Waals surface area contributed by atoms with E-state index in [2.05, 4.69) is 0 Å². The summed E-state index contributed by atoms with van der Waals surface area (Å²) in [6.45, 7) is 4.55. The summed E-state index contributed by atoms with van der Waals surface area (Å²) in [7, 11) is 0. The van der Waals surface area contributed by atoms with Crippen LogP contribution in [0.25, 0.3) is 6.08 Å². The van der Waals surface area contributed by atoms with Gasteiger partial charge in [-0.3, -0.25) is 19.8 Å². The van der Waals surface area contributed by atoms with E-state index < -0.39 is 11.0 Å². The van der Waals surface area contributed by atoms with E-state index in [4.69, 9.17) is 4.74 Å². The molecule has 28 heavy (non-hydrogen) atoms. The molecule has 0 saturated carbocycles. The third-order valence-corrected chi connectivity index (χ3v) is 4.50. The van der Waals surface area contributed by atoms with E-state index in [0.29, 0.717) is 35.5 Å². The zero-order valence-electron chi connectivity index (χ0n) is 15.6. The number of benzene rings is 2. The van der Waals surface area contributed by atoms with Crippen molar-refractivity contribution >= 4 is 29.3 Å². The summed E-state index contributed by atoms with van der Waals surface area (Å²) < 4.78 is 4.92. The lowest BCUT2D eigenvalue weighted by Crippen LogP contribution is -2.23. The van der Waals surface area contributed by atoms with Gasteiger partial charge in [0.05, 0.1) is 11.5 Å². The number of rotatable bonds is 6. The van der Waals surface area contributed by atoms with Gasteiger partial charge in [-0.25, -0.2) is 4.79 Å². The van der Waals surface area contributed by atoms with Gasteiger partial charge in [0, 0.05) is 22.9 Å². The lowest BCUT2D eigenvalue weighted by Gasteiger charge is -2.13. The molecule has 3 rings (SSSR count). The van der Waals surface area contributed by atoms with E-state index >= 15 is 0 Å². The van der Waals surface area contributed by atoms with Crippen LogP contribution in [0.5, 0.6) is 0 Å². The van der Waals surface area contributed by atoms with Gasteiger partial charge in [-0.05, 0) is 29.7 Å². The number of anilines is 1. The van der Waals surface area contributed by atoms with Crippen LogP contribution in [-0.4, -0.2) is 30.0 Å². The Balaban J connectivity index is 1.81. The number of hydrogen-bond donors (Lipinski definition) is 0. The van der Waals surface area contributed by atoms with Gasteiger partial charge in [0.15, 0.2) is 5.78 Å². The molecule has 7 heteroatoms. The molecule has 1 heterocycles. The van der Waals surface area contributed by atoms with Crippen molar-refractivity contribution in [3.63, 3.8) is 0 Å². The summed E-state index contributed by atoms with van der Waals surface area (Å²) in [6, 6.07) is 11.7. The highest BCUT2D eigenvalue weighted by atomic mass is 16.6. The summed E-state index contributed by atoms with van der Waals surface area (Å²) in [6.07, 6.45) is 2.49. The zero-order valence-corrected chi connectivity index (χ0v) is 15.6. The highest BCUT2D eigenvalue weighted by Crippen LogP contribution is 2.28. The Bertz CT molecular complexity index is 965. The van der Waals surface area contributed by atoms with Crippen LogP contribution in [0.4, 0.5) is 16.2 Å². The van der Waals surface area contributed by atoms with E-state index in [0.717, 1.165) is 0 Å². The van der Waals surface area contributed by atoms with Gasteiger partial charge in [-0.15, -0.1) is 0 Å². The summed E-state index contributed by atoms with van der Waals surface area (Å²) in [4.78, 5) is 36.5. The standard InChI is InChI=1S/C21H20N2O5/c1-14(2)18-8-6-15(12-19(18)23(26)27)7-9-20(24)16-4-3-5-17(13-16)22-10-11-28-21(22)25/h3-9,12-14H,10-11H2,1-2H3/b9-7+. The Morgan fingerprint density at radius 1 is 1.25 bits per heavy atom. The van der Waals surface area contributed by atoms with Crippen molar-refractivity contribution in [2.75, 3.05) is 18.1 Å². The van der Waals surface area contributed by atoms with Crippen LogP contribution in [0.1, 0.15) is 41.3 Å². The Morgan fingerprint density at radius 2 is 2.04 bits per heavy atom. The molecule has 7 nitrogen and oxygen atoms in total. The van der Waals surface area contributed by atoms with E-state index in [1.807, 2.05) is 13.8 Å². The average molecular weight is 380 g/mol. The molecular weight excluding hydrogens is 360 g/mol. The molecule has 0 unspecified atom stereocenters. The number of ether oxygens (including phenoxy) is 1. The van der Waals surface area contributed by atoms with E-state index in [-0.39, 0.29) is 17.4 Å². The molecule has 0 aliphatic carbocycles. The van der Waals surface area contributed by atoms with Crippen LogP contribution in [-0.2, 0) is 4.74 Å². The van der Waals surface area contributed by atoms with Crippen LogP contribution >= 0.6 is 0 Å². The Labute approximate surface area is 162 Å². The van der Waals surface area contributed by atoms with E-state index in [1.165, 1.54) is 17.0 Å². The Hall–Kier alpha value is -3.48. The molecule has 0 radical (unpaired) electrons. The normalized spacial score (nSPS) is 14.0. The summed E-state index contributed by atoms with van der Waals surface area (Å²) in [5.41, 5.74) is 2.28. The molecule has 0 atom stereocenters. The van der Waals surface area contributed by atoms with Crippen molar-refractivity contribution in [3.05, 3.63) is 75.3 Å². The van der Waals surface area contributed by atoms with Crippen molar-refractivity contribution in [2.24, 2.45) is 0 Å². The maximum Gasteiger partial charge on any atom is 0.414 e. The summed E-state index contributed by atoms with van der Waals surface area (Å²) >= 11 is 0. The van der Waals surface area contributed by atoms with E-state index in [1.54, 1.807) is 42.5 Å². The maximum atomic E-state index is 12.5. The largest absolute Gasteiger partial charge is 0.447 e. The molecule has 2 aromatic carbocycles. The molecule has 1 amide bonds. The summed E-state index contributed by atoms with van der Waals surface area (Å²) in [5, 5.41) is 11.3. The van der Waals surface area contributed by atoms with Gasteiger partial charge in [0.25, 0.3) is 5.69 Å². The van der Waals surface area contributed by atoms with Gasteiger partial charge in [-0.2, -0.15) is 0 Å². The van der Waals surface area contributed by atoms with Crippen molar-refractivity contribution in [2.45, 2.75) is 19.8 Å². The molecule has 2 aromatic rings.